The van der Waals surface area contributed by atoms with Crippen LogP contribution in [0.5, 0.6) is 17.2 Å². The third kappa shape index (κ3) is 9.82. The lowest BCUT2D eigenvalue weighted by molar-refractivity contribution is -0.118. The first-order valence-corrected chi connectivity index (χ1v) is 26.0. The maximum absolute atomic E-state index is 14.1. The molecule has 1 fully saturated rings. The van der Waals surface area contributed by atoms with Crippen molar-refractivity contribution in [2.75, 3.05) is 26.1 Å². The molecule has 5 atom stereocenters. The van der Waals surface area contributed by atoms with Crippen molar-refractivity contribution in [2.45, 2.75) is 81.2 Å². The number of benzene rings is 4. The van der Waals surface area contributed by atoms with E-state index in [2.05, 4.69) is 49.1 Å². The van der Waals surface area contributed by atoms with Crippen molar-refractivity contribution in [1.82, 2.24) is 19.5 Å². The summed E-state index contributed by atoms with van der Waals surface area (Å²) in [6.45, 7) is 14.2. The van der Waals surface area contributed by atoms with Crippen molar-refractivity contribution in [2.24, 2.45) is 5.92 Å². The number of thioether (sulfide) groups is 1. The summed E-state index contributed by atoms with van der Waals surface area (Å²) in [5.74, 6) is 1.05. The quantitative estimate of drug-likeness (QED) is 0.0506. The van der Waals surface area contributed by atoms with Crippen LogP contribution in [-0.4, -0.2) is 72.0 Å². The maximum atomic E-state index is 14.1. The summed E-state index contributed by atoms with van der Waals surface area (Å²) < 4.78 is 54.3. The SMILES string of the molecule is COc1ccc(C(OC[C@H]2S[C@@H](n3cnc4c(=O)[nH]c(NC(=O)C(C)C)nc43)[C@H](O[Si](C)(C)C(C)(C)C)[C@@H]2O[P+](=O)Oc2ccccc2)(c2ccccc2)c2ccc(OC)cc2)cc1. The number of hydrogen-bond acceptors (Lipinski definition) is 12. The highest BCUT2D eigenvalue weighted by atomic mass is 32.2. The molecular weight excluding hydrogens is 870 g/mol. The average Bonchev–Trinajstić information content (AvgIpc) is 3.85. The number of aromatic nitrogens is 4. The summed E-state index contributed by atoms with van der Waals surface area (Å²) in [5.41, 5.74) is 1.10. The molecule has 1 aliphatic rings. The standard InChI is InChI=1S/C47H54N5O9PSSi/c1-30(2)42(53)50-45-49-41-38(43(54)51-45)48-29-52(41)44-40(61-64(8,9)46(3,4)5)39(60-62(55)59-36-18-14-11-15-19-36)37(63-44)28-58-47(31-16-12-10-13-17-31,32-20-24-34(56-6)25-21-32)33-22-26-35(57-7)27-23-33/h10-27,29-30,37,39-40,44H,28H2,1-9H3,(H-,49,50,51,53,54)/p+1/t37-,39-,40-,44-/m1/s1. The van der Waals surface area contributed by atoms with Crippen LogP contribution in [0.3, 0.4) is 0 Å². The van der Waals surface area contributed by atoms with Crippen LogP contribution in [0, 0.1) is 5.92 Å². The topological polar surface area (TPSA) is 165 Å². The van der Waals surface area contributed by atoms with Gasteiger partial charge in [0.25, 0.3) is 5.56 Å². The Kier molecular flexibility index (Phi) is 14.1. The molecule has 17 heteroatoms. The second kappa shape index (κ2) is 19.4. The Morgan fingerprint density at radius 2 is 1.41 bits per heavy atom. The number of imidazole rings is 1. The fourth-order valence-corrected chi connectivity index (χ4v) is 11.0. The van der Waals surface area contributed by atoms with E-state index < -0.39 is 50.6 Å². The van der Waals surface area contributed by atoms with Crippen molar-refractivity contribution < 1.29 is 37.0 Å². The Morgan fingerprint density at radius 3 is 1.95 bits per heavy atom. The third-order valence-corrected chi connectivity index (χ3v) is 18.5. The minimum Gasteiger partial charge on any atom is -0.497 e. The van der Waals surface area contributed by atoms with Crippen LogP contribution in [-0.2, 0) is 28.6 Å². The van der Waals surface area contributed by atoms with E-state index in [1.165, 1.54) is 11.8 Å². The number of nitrogens with one attached hydrogen (secondary N) is 2. The van der Waals surface area contributed by atoms with Crippen molar-refractivity contribution in [3.63, 3.8) is 0 Å². The van der Waals surface area contributed by atoms with Gasteiger partial charge < -0.3 is 18.6 Å². The Hall–Kier alpha value is -5.35. The number of carbonyl (C=O) groups is 1. The van der Waals surface area contributed by atoms with Crippen LogP contribution in [0.2, 0.25) is 18.1 Å². The number of nitrogens with zero attached hydrogens (tertiary/aromatic N) is 3. The number of hydrogen-bond donors (Lipinski definition) is 2. The minimum absolute atomic E-state index is 0.0125. The van der Waals surface area contributed by atoms with E-state index in [0.29, 0.717) is 17.2 Å². The number of carbonyl (C=O) groups excluding carboxylic acids is 1. The molecule has 1 unspecified atom stereocenters. The number of aromatic amines is 1. The summed E-state index contributed by atoms with van der Waals surface area (Å²) in [6.07, 6.45) is -0.154. The highest BCUT2D eigenvalue weighted by molar-refractivity contribution is 8.00. The smallest absolute Gasteiger partial charge is 0.497 e. The van der Waals surface area contributed by atoms with E-state index in [4.69, 9.17) is 32.7 Å². The van der Waals surface area contributed by atoms with Crippen molar-refractivity contribution >= 4 is 51.4 Å². The summed E-state index contributed by atoms with van der Waals surface area (Å²) in [7, 11) is -2.17. The van der Waals surface area contributed by atoms with Gasteiger partial charge in [-0.15, -0.1) is 16.3 Å². The zero-order chi connectivity index (χ0) is 45.8. The van der Waals surface area contributed by atoms with E-state index >= 15 is 0 Å². The number of amides is 1. The molecular formula is C47H55N5O9PSSi+. The van der Waals surface area contributed by atoms with E-state index in [0.717, 1.165) is 16.7 Å². The molecule has 6 aromatic rings. The molecule has 4 aromatic carbocycles. The maximum Gasteiger partial charge on any atom is 0.750 e. The zero-order valence-corrected chi connectivity index (χ0v) is 40.1. The molecule has 64 heavy (non-hydrogen) atoms. The highest BCUT2D eigenvalue weighted by Crippen LogP contribution is 2.52. The Bertz CT molecular complexity index is 2560. The molecule has 7 rings (SSSR count). The second-order valence-electron chi connectivity index (χ2n) is 17.3. The van der Waals surface area contributed by atoms with Crippen LogP contribution < -0.4 is 24.9 Å². The van der Waals surface area contributed by atoms with Crippen LogP contribution in [0.15, 0.2) is 120 Å². The van der Waals surface area contributed by atoms with Gasteiger partial charge in [-0.3, -0.25) is 24.5 Å². The molecule has 0 radical (unpaired) electrons. The molecule has 0 saturated carbocycles. The van der Waals surface area contributed by atoms with Gasteiger partial charge in [0.1, 0.15) is 28.6 Å². The molecule has 1 saturated heterocycles. The number of ether oxygens (including phenoxy) is 3. The number of H-pyrrole nitrogens is 1. The van der Waals surface area contributed by atoms with Gasteiger partial charge in [-0.2, -0.15) is 4.98 Å². The van der Waals surface area contributed by atoms with E-state index in [1.54, 1.807) is 63.2 Å². The summed E-state index contributed by atoms with van der Waals surface area (Å²) in [5, 5.41) is 1.25. The number of anilines is 1. The molecule has 0 aliphatic carbocycles. The number of fused-ring (bicyclic) bond motifs is 1. The molecule has 336 valence electrons. The minimum atomic E-state index is -2.76. The highest BCUT2D eigenvalue weighted by Gasteiger charge is 2.56. The molecule has 3 heterocycles. The van der Waals surface area contributed by atoms with Crippen molar-refractivity contribution in [1.29, 1.82) is 0 Å². The molecule has 0 bridgehead atoms. The largest absolute Gasteiger partial charge is 0.750 e. The van der Waals surface area contributed by atoms with Crippen LogP contribution >= 0.6 is 20.0 Å². The summed E-state index contributed by atoms with van der Waals surface area (Å²) >= 11 is 1.47. The van der Waals surface area contributed by atoms with Crippen LogP contribution in [0.25, 0.3) is 11.2 Å². The third-order valence-electron chi connectivity index (χ3n) is 11.8. The Balaban J connectivity index is 1.38. The second-order valence-corrected chi connectivity index (χ2v) is 24.3. The molecule has 14 nitrogen and oxygen atoms in total. The van der Waals surface area contributed by atoms with Crippen molar-refractivity contribution in [3.05, 3.63) is 143 Å². The van der Waals surface area contributed by atoms with Crippen LogP contribution in [0.1, 0.15) is 56.7 Å². The van der Waals surface area contributed by atoms with Gasteiger partial charge in [-0.25, -0.2) is 9.51 Å². The predicted molar refractivity (Wildman–Crippen MR) is 252 cm³/mol. The van der Waals surface area contributed by atoms with Gasteiger partial charge in [-0.05, 0) is 71.2 Å². The fourth-order valence-electron chi connectivity index (χ4n) is 7.24. The Labute approximate surface area is 379 Å². The predicted octanol–water partition coefficient (Wildman–Crippen LogP) is 9.87. The lowest BCUT2D eigenvalue weighted by Crippen LogP contribution is -2.49. The van der Waals surface area contributed by atoms with Crippen molar-refractivity contribution in [3.8, 4) is 17.2 Å². The molecule has 1 amide bonds. The van der Waals surface area contributed by atoms with E-state index in [-0.39, 0.29) is 40.6 Å². The van der Waals surface area contributed by atoms with E-state index in [9.17, 15) is 14.2 Å². The lowest BCUT2D eigenvalue weighted by atomic mass is 9.80. The molecule has 2 N–H and O–H groups in total. The van der Waals surface area contributed by atoms with Gasteiger partial charge in [0.05, 0.1) is 32.4 Å². The fraction of sp³-hybridized carbons (Fsp3) is 0.362. The van der Waals surface area contributed by atoms with Gasteiger partial charge in [0, 0.05) is 10.5 Å². The first-order chi connectivity index (χ1) is 30.5. The zero-order valence-electron chi connectivity index (χ0n) is 37.4. The van der Waals surface area contributed by atoms with E-state index in [1.807, 2.05) is 84.9 Å². The molecule has 2 aromatic heterocycles. The monoisotopic (exact) mass is 924 g/mol. The van der Waals surface area contributed by atoms with Gasteiger partial charge in [0.15, 0.2) is 31.3 Å². The number of para-hydroxylation sites is 1. The lowest BCUT2D eigenvalue weighted by Gasteiger charge is -2.40. The van der Waals surface area contributed by atoms with Gasteiger partial charge >= 0.3 is 8.25 Å². The summed E-state index contributed by atoms with van der Waals surface area (Å²) in [4.78, 5) is 38.2. The summed E-state index contributed by atoms with van der Waals surface area (Å²) in [6, 6.07) is 34.3. The average molecular weight is 925 g/mol. The van der Waals surface area contributed by atoms with Gasteiger partial charge in [-0.1, -0.05) is 107 Å². The van der Waals surface area contributed by atoms with Gasteiger partial charge in [0.2, 0.25) is 11.9 Å². The first kappa shape index (κ1) is 46.6. The van der Waals surface area contributed by atoms with Crippen LogP contribution in [0.4, 0.5) is 5.95 Å². The number of methoxy groups -OCH3 is 2. The molecule has 1 aliphatic heterocycles. The number of rotatable bonds is 17. The first-order valence-electron chi connectivity index (χ1n) is 21.0. The molecule has 0 spiro atoms. The normalized spacial score (nSPS) is 18.2. The Morgan fingerprint density at radius 1 is 0.844 bits per heavy atom.